The quantitative estimate of drug-likeness (QED) is 0.842. The predicted molar refractivity (Wildman–Crippen MR) is 69.6 cm³/mol. The molecule has 1 unspecified atom stereocenters. The molecule has 2 rings (SSSR count). The van der Waals surface area contributed by atoms with Gasteiger partial charge in [-0.25, -0.2) is 4.68 Å². The molecule has 4 nitrogen and oxygen atoms in total. The van der Waals surface area contributed by atoms with Crippen LogP contribution >= 0.6 is 11.6 Å². The van der Waals surface area contributed by atoms with E-state index in [4.69, 9.17) is 11.6 Å². The summed E-state index contributed by atoms with van der Waals surface area (Å²) >= 11 is 6.04. The Bertz CT molecular complexity index is 481. The van der Waals surface area contributed by atoms with Crippen molar-refractivity contribution in [2.24, 2.45) is 0 Å². The van der Waals surface area contributed by atoms with Gasteiger partial charge in [-0.05, 0) is 26.2 Å². The smallest absolute Gasteiger partial charge is 0.287 e. The van der Waals surface area contributed by atoms with Crippen LogP contribution in [0, 0.1) is 0 Å². The number of allylic oxidation sites excluding steroid dienone is 1. The molecule has 0 spiro atoms. The minimum atomic E-state index is -0.231. The van der Waals surface area contributed by atoms with Crippen LogP contribution in [-0.4, -0.2) is 15.8 Å². The summed E-state index contributed by atoms with van der Waals surface area (Å²) in [6, 6.07) is 0.344. The van der Waals surface area contributed by atoms with Crippen LogP contribution in [0.2, 0.25) is 5.02 Å². The summed E-state index contributed by atoms with van der Waals surface area (Å²) in [5, 5.41) is 7.58. The van der Waals surface area contributed by atoms with E-state index in [0.717, 1.165) is 19.3 Å². The maximum absolute atomic E-state index is 11.8. The van der Waals surface area contributed by atoms with E-state index >= 15 is 0 Å². The third-order valence-electron chi connectivity index (χ3n) is 2.91. The van der Waals surface area contributed by atoms with Crippen LogP contribution in [0.3, 0.4) is 0 Å². The SMILES string of the molecule is CCn1ncc(NC2CC=CCC2)c(Cl)c1=O. The molecular weight excluding hydrogens is 238 g/mol. The number of aromatic nitrogens is 2. The second-order valence-electron chi connectivity index (χ2n) is 4.12. The van der Waals surface area contributed by atoms with Crippen molar-refractivity contribution < 1.29 is 0 Å². The number of rotatable bonds is 3. The Morgan fingerprint density at radius 3 is 3.06 bits per heavy atom. The Balaban J connectivity index is 2.19. The first-order chi connectivity index (χ1) is 8.22. The van der Waals surface area contributed by atoms with E-state index in [-0.39, 0.29) is 10.6 Å². The van der Waals surface area contributed by atoms with Gasteiger partial charge in [-0.15, -0.1) is 0 Å². The van der Waals surface area contributed by atoms with Gasteiger partial charge in [0.1, 0.15) is 5.02 Å². The number of hydrogen-bond acceptors (Lipinski definition) is 3. The van der Waals surface area contributed by atoms with E-state index in [1.807, 2.05) is 6.92 Å². The molecule has 0 bridgehead atoms. The highest BCUT2D eigenvalue weighted by molar-refractivity contribution is 6.32. The number of aryl methyl sites for hydroxylation is 1. The fourth-order valence-electron chi connectivity index (χ4n) is 1.94. The molecule has 92 valence electrons. The predicted octanol–water partition coefficient (Wildman–Crippen LogP) is 2.44. The van der Waals surface area contributed by atoms with Crippen molar-refractivity contribution in [1.29, 1.82) is 0 Å². The number of hydrogen-bond donors (Lipinski definition) is 1. The Labute approximate surface area is 105 Å². The molecule has 17 heavy (non-hydrogen) atoms. The van der Waals surface area contributed by atoms with Gasteiger partial charge < -0.3 is 5.32 Å². The highest BCUT2D eigenvalue weighted by Gasteiger charge is 2.14. The van der Waals surface area contributed by atoms with Gasteiger partial charge in [-0.1, -0.05) is 23.8 Å². The van der Waals surface area contributed by atoms with E-state index in [2.05, 4.69) is 22.6 Å². The molecule has 1 aliphatic rings. The van der Waals surface area contributed by atoms with Crippen LogP contribution in [-0.2, 0) is 6.54 Å². The van der Waals surface area contributed by atoms with Gasteiger partial charge in [0, 0.05) is 12.6 Å². The molecule has 0 aliphatic heterocycles. The lowest BCUT2D eigenvalue weighted by molar-refractivity contribution is 0.610. The summed E-state index contributed by atoms with van der Waals surface area (Å²) in [5.41, 5.74) is 0.409. The Morgan fingerprint density at radius 2 is 2.41 bits per heavy atom. The molecule has 1 aromatic rings. The van der Waals surface area contributed by atoms with Gasteiger partial charge >= 0.3 is 0 Å². The van der Waals surface area contributed by atoms with Crippen molar-refractivity contribution in [1.82, 2.24) is 9.78 Å². The standard InChI is InChI=1S/C12H16ClN3O/c1-2-16-12(17)11(13)10(8-14-16)15-9-6-4-3-5-7-9/h3-4,8-9,15H,2,5-7H2,1H3. The van der Waals surface area contributed by atoms with Gasteiger partial charge in [0.2, 0.25) is 0 Å². The van der Waals surface area contributed by atoms with Gasteiger partial charge in [-0.2, -0.15) is 5.10 Å². The molecule has 1 atom stereocenters. The van der Waals surface area contributed by atoms with Crippen molar-refractivity contribution >= 4 is 17.3 Å². The summed E-state index contributed by atoms with van der Waals surface area (Å²) in [6.45, 7) is 2.40. The average Bonchev–Trinajstić information content (AvgIpc) is 2.37. The van der Waals surface area contributed by atoms with E-state index < -0.39 is 0 Å². The van der Waals surface area contributed by atoms with Gasteiger partial charge in [0.15, 0.2) is 0 Å². The topological polar surface area (TPSA) is 46.9 Å². The zero-order valence-corrected chi connectivity index (χ0v) is 10.6. The van der Waals surface area contributed by atoms with Crippen molar-refractivity contribution in [3.63, 3.8) is 0 Å². The van der Waals surface area contributed by atoms with E-state index in [1.54, 1.807) is 6.20 Å². The number of nitrogens with one attached hydrogen (secondary N) is 1. The lowest BCUT2D eigenvalue weighted by Crippen LogP contribution is -2.26. The second-order valence-corrected chi connectivity index (χ2v) is 4.50. The zero-order chi connectivity index (χ0) is 12.3. The maximum Gasteiger partial charge on any atom is 0.287 e. The number of halogens is 1. The highest BCUT2D eigenvalue weighted by atomic mass is 35.5. The lowest BCUT2D eigenvalue weighted by Gasteiger charge is -2.21. The Morgan fingerprint density at radius 1 is 1.59 bits per heavy atom. The van der Waals surface area contributed by atoms with E-state index in [1.165, 1.54) is 4.68 Å². The van der Waals surface area contributed by atoms with Crippen LogP contribution in [0.1, 0.15) is 26.2 Å². The van der Waals surface area contributed by atoms with E-state index in [0.29, 0.717) is 18.3 Å². The minimum Gasteiger partial charge on any atom is -0.379 e. The van der Waals surface area contributed by atoms with Crippen LogP contribution < -0.4 is 10.9 Å². The molecule has 0 radical (unpaired) electrons. The number of nitrogens with zero attached hydrogens (tertiary/aromatic N) is 2. The van der Waals surface area contributed by atoms with E-state index in [9.17, 15) is 4.79 Å². The summed E-state index contributed by atoms with van der Waals surface area (Å²) in [7, 11) is 0. The highest BCUT2D eigenvalue weighted by Crippen LogP contribution is 2.20. The van der Waals surface area contributed by atoms with Gasteiger partial charge in [-0.3, -0.25) is 4.79 Å². The Hall–Kier alpha value is -1.29. The molecule has 1 heterocycles. The first-order valence-corrected chi connectivity index (χ1v) is 6.27. The molecule has 1 aromatic heterocycles. The number of anilines is 1. The maximum atomic E-state index is 11.8. The van der Waals surface area contributed by atoms with Gasteiger partial charge in [0.05, 0.1) is 11.9 Å². The van der Waals surface area contributed by atoms with Crippen molar-refractivity contribution in [2.45, 2.75) is 38.8 Å². The van der Waals surface area contributed by atoms with Gasteiger partial charge in [0.25, 0.3) is 5.56 Å². The lowest BCUT2D eigenvalue weighted by atomic mass is 10.0. The summed E-state index contributed by atoms with van der Waals surface area (Å²) < 4.78 is 1.36. The second kappa shape index (κ2) is 5.36. The molecule has 0 fully saturated rings. The largest absolute Gasteiger partial charge is 0.379 e. The molecule has 0 amide bonds. The first kappa shape index (κ1) is 12.2. The normalized spacial score (nSPS) is 19.3. The first-order valence-electron chi connectivity index (χ1n) is 5.89. The van der Waals surface area contributed by atoms with Crippen LogP contribution in [0.15, 0.2) is 23.1 Å². The third-order valence-corrected chi connectivity index (χ3v) is 3.28. The zero-order valence-electron chi connectivity index (χ0n) is 9.82. The summed E-state index contributed by atoms with van der Waals surface area (Å²) in [4.78, 5) is 11.8. The molecule has 5 heteroatoms. The van der Waals surface area contributed by atoms with Crippen molar-refractivity contribution in [2.75, 3.05) is 5.32 Å². The molecular formula is C12H16ClN3O. The van der Waals surface area contributed by atoms with Crippen LogP contribution in [0.5, 0.6) is 0 Å². The van der Waals surface area contributed by atoms with Crippen molar-refractivity contribution in [3.8, 4) is 0 Å². The molecule has 1 N–H and O–H groups in total. The van der Waals surface area contributed by atoms with Crippen LogP contribution in [0.25, 0.3) is 0 Å². The van der Waals surface area contributed by atoms with Crippen molar-refractivity contribution in [3.05, 3.63) is 33.7 Å². The molecule has 0 saturated carbocycles. The molecule has 0 saturated heterocycles. The summed E-state index contributed by atoms with van der Waals surface area (Å²) in [5.74, 6) is 0. The Kier molecular flexibility index (Phi) is 3.84. The fraction of sp³-hybridized carbons (Fsp3) is 0.500. The summed E-state index contributed by atoms with van der Waals surface area (Å²) in [6.07, 6.45) is 9.04. The minimum absolute atomic E-state index is 0.231. The molecule has 0 aromatic carbocycles. The monoisotopic (exact) mass is 253 g/mol. The third kappa shape index (κ3) is 2.69. The molecule has 1 aliphatic carbocycles. The average molecular weight is 254 g/mol. The van der Waals surface area contributed by atoms with Crippen LogP contribution in [0.4, 0.5) is 5.69 Å². The fourth-order valence-corrected chi connectivity index (χ4v) is 2.14.